The molecular weight excluding hydrogens is 347 g/mol. The predicted molar refractivity (Wildman–Crippen MR) is 79.0 cm³/mol. The van der Waals surface area contributed by atoms with Crippen LogP contribution >= 0.6 is 11.8 Å². The lowest BCUT2D eigenvalue weighted by atomic mass is 10.3. The SMILES string of the molecule is O=C(CSc1nccc(C(F)(F)F)n1)Nc1ccc2c(c1)OCO2. The minimum Gasteiger partial charge on any atom is -0.454 e. The van der Waals surface area contributed by atoms with Gasteiger partial charge in [-0.15, -0.1) is 0 Å². The van der Waals surface area contributed by atoms with Crippen molar-refractivity contribution in [2.75, 3.05) is 17.9 Å². The van der Waals surface area contributed by atoms with Crippen LogP contribution < -0.4 is 14.8 Å². The molecule has 0 saturated carbocycles. The van der Waals surface area contributed by atoms with E-state index >= 15 is 0 Å². The van der Waals surface area contributed by atoms with E-state index in [1.54, 1.807) is 18.2 Å². The Morgan fingerprint density at radius 3 is 2.83 bits per heavy atom. The first-order valence-electron chi connectivity index (χ1n) is 6.64. The monoisotopic (exact) mass is 357 g/mol. The number of nitrogens with one attached hydrogen (secondary N) is 1. The van der Waals surface area contributed by atoms with E-state index in [1.807, 2.05) is 0 Å². The van der Waals surface area contributed by atoms with Gasteiger partial charge in [0.05, 0.1) is 5.75 Å². The van der Waals surface area contributed by atoms with Crippen molar-refractivity contribution in [3.8, 4) is 11.5 Å². The van der Waals surface area contributed by atoms with Gasteiger partial charge >= 0.3 is 6.18 Å². The van der Waals surface area contributed by atoms with Crippen LogP contribution in [0.15, 0.2) is 35.6 Å². The molecule has 0 aliphatic carbocycles. The van der Waals surface area contributed by atoms with Gasteiger partial charge in [0, 0.05) is 18.0 Å². The normalized spacial score (nSPS) is 13.0. The van der Waals surface area contributed by atoms with Gasteiger partial charge in [0.15, 0.2) is 16.7 Å². The molecule has 1 aliphatic rings. The lowest BCUT2D eigenvalue weighted by Crippen LogP contribution is -2.14. The van der Waals surface area contributed by atoms with Gasteiger partial charge in [0.2, 0.25) is 12.7 Å². The maximum Gasteiger partial charge on any atom is 0.433 e. The number of carbonyl (C=O) groups is 1. The topological polar surface area (TPSA) is 73.3 Å². The Kier molecular flexibility index (Phi) is 4.47. The molecule has 1 aromatic heterocycles. The largest absolute Gasteiger partial charge is 0.454 e. The zero-order valence-electron chi connectivity index (χ0n) is 12.0. The number of amides is 1. The van der Waals surface area contributed by atoms with E-state index in [1.165, 1.54) is 0 Å². The standard InChI is InChI=1S/C14H10F3N3O3S/c15-14(16,17)11-3-4-18-13(20-11)24-6-12(21)19-8-1-2-9-10(5-8)23-7-22-9/h1-5H,6-7H2,(H,19,21). The Bertz CT molecular complexity index is 770. The van der Waals surface area contributed by atoms with Gasteiger partial charge in [0.25, 0.3) is 0 Å². The van der Waals surface area contributed by atoms with Crippen LogP contribution in [0.3, 0.4) is 0 Å². The molecule has 2 aromatic rings. The average Bonchev–Trinajstić information content (AvgIpc) is 3.00. The van der Waals surface area contributed by atoms with Crippen LogP contribution in [0.1, 0.15) is 5.69 Å². The molecule has 0 saturated heterocycles. The van der Waals surface area contributed by atoms with Gasteiger partial charge < -0.3 is 14.8 Å². The summed E-state index contributed by atoms with van der Waals surface area (Å²) in [6, 6.07) is 5.67. The third kappa shape index (κ3) is 3.88. The van der Waals surface area contributed by atoms with Gasteiger partial charge in [-0.1, -0.05) is 11.8 Å². The van der Waals surface area contributed by atoms with Crippen LogP contribution in [0.25, 0.3) is 0 Å². The summed E-state index contributed by atoms with van der Waals surface area (Å²) in [4.78, 5) is 19.0. The second-order valence-electron chi connectivity index (χ2n) is 4.63. The highest BCUT2D eigenvalue weighted by molar-refractivity contribution is 7.99. The summed E-state index contributed by atoms with van der Waals surface area (Å²) in [7, 11) is 0. The summed E-state index contributed by atoms with van der Waals surface area (Å²) in [5.74, 6) is 0.566. The molecule has 0 bridgehead atoms. The number of aromatic nitrogens is 2. The Hall–Kier alpha value is -2.49. The number of halogens is 3. The van der Waals surface area contributed by atoms with Crippen LogP contribution in [0.2, 0.25) is 0 Å². The summed E-state index contributed by atoms with van der Waals surface area (Å²) in [5, 5.41) is 2.49. The molecule has 126 valence electrons. The third-order valence-electron chi connectivity index (χ3n) is 2.91. The maximum absolute atomic E-state index is 12.6. The van der Waals surface area contributed by atoms with Gasteiger partial charge in [-0.25, -0.2) is 9.97 Å². The first-order chi connectivity index (χ1) is 11.4. The van der Waals surface area contributed by atoms with Crippen LogP contribution in [0, 0.1) is 0 Å². The minimum atomic E-state index is -4.55. The molecule has 1 aromatic carbocycles. The molecule has 0 fully saturated rings. The molecule has 2 heterocycles. The number of nitrogens with zero attached hydrogens (tertiary/aromatic N) is 2. The van der Waals surface area contributed by atoms with Crippen molar-refractivity contribution < 1.29 is 27.4 Å². The van der Waals surface area contributed by atoms with E-state index < -0.39 is 17.8 Å². The van der Waals surface area contributed by atoms with Crippen LogP contribution in [-0.2, 0) is 11.0 Å². The molecule has 0 unspecified atom stereocenters. The van der Waals surface area contributed by atoms with Crippen LogP contribution in [-0.4, -0.2) is 28.4 Å². The van der Waals surface area contributed by atoms with Crippen LogP contribution in [0.5, 0.6) is 11.5 Å². The number of hydrogen-bond acceptors (Lipinski definition) is 6. The zero-order chi connectivity index (χ0) is 17.2. The third-order valence-corrected chi connectivity index (χ3v) is 3.77. The lowest BCUT2D eigenvalue weighted by molar-refractivity contribution is -0.141. The fourth-order valence-electron chi connectivity index (χ4n) is 1.87. The minimum absolute atomic E-state index is 0.120. The van der Waals surface area contributed by atoms with Crippen molar-refractivity contribution in [1.29, 1.82) is 0 Å². The molecule has 0 spiro atoms. The Labute approximate surface area is 138 Å². The van der Waals surface area contributed by atoms with Gasteiger partial charge in [-0.05, 0) is 18.2 Å². The van der Waals surface area contributed by atoms with Crippen molar-refractivity contribution in [2.24, 2.45) is 0 Å². The highest BCUT2D eigenvalue weighted by atomic mass is 32.2. The number of alkyl halides is 3. The van der Waals surface area contributed by atoms with Gasteiger partial charge in [0.1, 0.15) is 5.69 Å². The molecule has 0 radical (unpaired) electrons. The zero-order valence-corrected chi connectivity index (χ0v) is 12.8. The van der Waals surface area contributed by atoms with E-state index in [0.29, 0.717) is 17.2 Å². The van der Waals surface area contributed by atoms with Crippen molar-refractivity contribution in [3.05, 3.63) is 36.2 Å². The molecule has 10 heteroatoms. The number of thioether (sulfide) groups is 1. The van der Waals surface area contributed by atoms with Crippen molar-refractivity contribution in [2.45, 2.75) is 11.3 Å². The molecule has 1 aliphatic heterocycles. The Morgan fingerprint density at radius 1 is 1.25 bits per heavy atom. The summed E-state index contributed by atoms with van der Waals surface area (Å²) in [6.07, 6.45) is -3.54. The molecular formula is C14H10F3N3O3S. The van der Waals surface area contributed by atoms with Crippen molar-refractivity contribution in [3.63, 3.8) is 0 Å². The molecule has 6 nitrogen and oxygen atoms in total. The van der Waals surface area contributed by atoms with E-state index in [0.717, 1.165) is 24.0 Å². The lowest BCUT2D eigenvalue weighted by Gasteiger charge is -2.07. The first kappa shape index (κ1) is 16.4. The maximum atomic E-state index is 12.6. The Balaban J connectivity index is 1.58. The van der Waals surface area contributed by atoms with E-state index in [2.05, 4.69) is 15.3 Å². The smallest absolute Gasteiger partial charge is 0.433 e. The van der Waals surface area contributed by atoms with Gasteiger partial charge in [-0.2, -0.15) is 13.2 Å². The van der Waals surface area contributed by atoms with E-state index in [-0.39, 0.29) is 17.7 Å². The quantitative estimate of drug-likeness (QED) is 0.670. The number of rotatable bonds is 4. The second-order valence-corrected chi connectivity index (χ2v) is 5.57. The molecule has 0 atom stereocenters. The fourth-order valence-corrected chi connectivity index (χ4v) is 2.50. The number of ether oxygens (including phenoxy) is 2. The summed E-state index contributed by atoms with van der Waals surface area (Å²) >= 11 is 0.813. The highest BCUT2D eigenvalue weighted by Gasteiger charge is 2.32. The van der Waals surface area contributed by atoms with Crippen LogP contribution in [0.4, 0.5) is 18.9 Å². The number of anilines is 1. The van der Waals surface area contributed by atoms with E-state index in [4.69, 9.17) is 9.47 Å². The fraction of sp³-hybridized carbons (Fsp3) is 0.214. The molecule has 3 rings (SSSR count). The van der Waals surface area contributed by atoms with Gasteiger partial charge in [-0.3, -0.25) is 4.79 Å². The first-order valence-corrected chi connectivity index (χ1v) is 7.63. The van der Waals surface area contributed by atoms with E-state index in [9.17, 15) is 18.0 Å². The number of fused-ring (bicyclic) bond motifs is 1. The summed E-state index contributed by atoms with van der Waals surface area (Å²) in [6.45, 7) is 0.121. The number of benzene rings is 1. The van der Waals surface area contributed by atoms with Crippen molar-refractivity contribution in [1.82, 2.24) is 9.97 Å². The predicted octanol–water partition coefficient (Wildman–Crippen LogP) is 2.95. The summed E-state index contributed by atoms with van der Waals surface area (Å²) in [5.41, 5.74) is -0.550. The molecule has 1 amide bonds. The second kappa shape index (κ2) is 6.56. The molecule has 1 N–H and O–H groups in total. The summed E-state index contributed by atoms with van der Waals surface area (Å²) < 4.78 is 48.0. The number of hydrogen-bond donors (Lipinski definition) is 1. The average molecular weight is 357 g/mol. The Morgan fingerprint density at radius 2 is 2.04 bits per heavy atom. The number of carbonyl (C=O) groups excluding carboxylic acids is 1. The molecule has 24 heavy (non-hydrogen) atoms. The highest BCUT2D eigenvalue weighted by Crippen LogP contribution is 2.34. The van der Waals surface area contributed by atoms with Crippen molar-refractivity contribution >= 4 is 23.4 Å².